The Hall–Kier alpha value is -1.33. The van der Waals surface area contributed by atoms with Crippen LogP contribution in [0.5, 0.6) is 0 Å². The molecule has 1 fully saturated rings. The van der Waals surface area contributed by atoms with Crippen LogP contribution >= 0.6 is 7.82 Å². The van der Waals surface area contributed by atoms with Gasteiger partial charge in [0.25, 0.3) is 5.56 Å². The van der Waals surface area contributed by atoms with Crippen LogP contribution in [-0.2, 0) is 13.8 Å². The predicted molar refractivity (Wildman–Crippen MR) is 70.0 cm³/mol. The van der Waals surface area contributed by atoms with E-state index in [-0.39, 0.29) is 5.56 Å². The summed E-state index contributed by atoms with van der Waals surface area (Å²) in [7, 11) is -4.99. The molecule has 0 amide bonds. The van der Waals surface area contributed by atoms with Crippen LogP contribution in [0.3, 0.4) is 0 Å². The van der Waals surface area contributed by atoms with Gasteiger partial charge in [-0.25, -0.2) is 9.36 Å². The first-order chi connectivity index (χ1) is 10.1. The molecule has 124 valence electrons. The van der Waals surface area contributed by atoms with Crippen LogP contribution in [0, 0.1) is 6.92 Å². The first kappa shape index (κ1) is 17.0. The van der Waals surface area contributed by atoms with E-state index in [0.29, 0.717) is 0 Å². The van der Waals surface area contributed by atoms with Crippen molar-refractivity contribution >= 4 is 7.82 Å². The molecule has 0 saturated carbocycles. The zero-order valence-electron chi connectivity index (χ0n) is 11.3. The summed E-state index contributed by atoms with van der Waals surface area (Å²) in [4.78, 5) is 43.0. The Labute approximate surface area is 123 Å². The van der Waals surface area contributed by atoms with Gasteiger partial charge >= 0.3 is 13.5 Å². The average molecular weight is 338 g/mol. The molecule has 22 heavy (non-hydrogen) atoms. The summed E-state index contributed by atoms with van der Waals surface area (Å²) < 4.78 is 21.5. The standard InChI is InChI=1S/C10H15N2O9P/c1-4-2-12(10(16)11-8(4)15)9-7(21-22(17,18)19)6(14)5(3-13)20-9/h2,5-7,9,13-14H,3H2,1H3,(H,11,15,16)(H2,17,18,19)/t5-,6-,7-,9?/m1/s1. The number of aromatic amines is 1. The quantitative estimate of drug-likeness (QED) is 0.374. The second kappa shape index (κ2) is 6.05. The summed E-state index contributed by atoms with van der Waals surface area (Å²) in [6.07, 6.45) is -4.72. The first-order valence-electron chi connectivity index (χ1n) is 6.14. The van der Waals surface area contributed by atoms with E-state index in [1.54, 1.807) is 0 Å². The van der Waals surface area contributed by atoms with Crippen molar-refractivity contribution < 1.29 is 33.8 Å². The Morgan fingerprint density at radius 1 is 1.45 bits per heavy atom. The third-order valence-corrected chi connectivity index (χ3v) is 3.69. The van der Waals surface area contributed by atoms with E-state index in [9.17, 15) is 19.3 Å². The molecule has 0 radical (unpaired) electrons. The summed E-state index contributed by atoms with van der Waals surface area (Å²) in [5.74, 6) is 0. The SMILES string of the molecule is Cc1cn(C2O[C@H](CO)[C@@H](O)[C@H]2OP(=O)(O)O)c(=O)[nH]c1=O. The number of nitrogens with zero attached hydrogens (tertiary/aromatic N) is 1. The molecule has 1 unspecified atom stereocenters. The third-order valence-electron chi connectivity index (χ3n) is 3.17. The maximum atomic E-state index is 11.8. The lowest BCUT2D eigenvalue weighted by molar-refractivity contribution is -0.0544. The van der Waals surface area contributed by atoms with Crippen molar-refractivity contribution in [2.75, 3.05) is 6.61 Å². The largest absolute Gasteiger partial charge is 0.470 e. The predicted octanol–water partition coefficient (Wildman–Crippen LogP) is -2.43. The highest BCUT2D eigenvalue weighted by Crippen LogP contribution is 2.44. The van der Waals surface area contributed by atoms with Gasteiger partial charge in [0.2, 0.25) is 0 Å². The second-order valence-electron chi connectivity index (χ2n) is 4.78. The van der Waals surface area contributed by atoms with Crippen molar-refractivity contribution in [1.29, 1.82) is 0 Å². The molecule has 1 aliphatic rings. The molecule has 0 aliphatic carbocycles. The number of phosphoric acid groups is 1. The number of hydrogen-bond donors (Lipinski definition) is 5. The van der Waals surface area contributed by atoms with Gasteiger partial charge in [-0.15, -0.1) is 0 Å². The molecule has 1 saturated heterocycles. The molecule has 5 N–H and O–H groups in total. The van der Waals surface area contributed by atoms with Gasteiger partial charge in [0.05, 0.1) is 6.61 Å². The molecule has 2 heterocycles. The molecular formula is C10H15N2O9P. The van der Waals surface area contributed by atoms with Crippen LogP contribution < -0.4 is 11.2 Å². The van der Waals surface area contributed by atoms with Crippen molar-refractivity contribution in [2.45, 2.75) is 31.5 Å². The van der Waals surface area contributed by atoms with E-state index >= 15 is 0 Å². The number of aryl methyl sites for hydroxylation is 1. The minimum Gasteiger partial charge on any atom is -0.394 e. The van der Waals surface area contributed by atoms with Crippen LogP contribution in [0.25, 0.3) is 0 Å². The number of ether oxygens (including phenoxy) is 1. The number of aliphatic hydroxyl groups is 2. The van der Waals surface area contributed by atoms with Gasteiger partial charge in [0, 0.05) is 11.8 Å². The van der Waals surface area contributed by atoms with E-state index in [0.717, 1.165) is 10.8 Å². The highest BCUT2D eigenvalue weighted by atomic mass is 31.2. The van der Waals surface area contributed by atoms with E-state index in [2.05, 4.69) is 4.52 Å². The zero-order chi connectivity index (χ0) is 16.7. The normalized spacial score (nSPS) is 29.0. The summed E-state index contributed by atoms with van der Waals surface area (Å²) >= 11 is 0. The first-order valence-corrected chi connectivity index (χ1v) is 7.67. The lowest BCUT2D eigenvalue weighted by Crippen LogP contribution is -2.39. The Balaban J connectivity index is 2.47. The smallest absolute Gasteiger partial charge is 0.394 e. The van der Waals surface area contributed by atoms with Gasteiger partial charge in [0.15, 0.2) is 6.23 Å². The summed E-state index contributed by atoms with van der Waals surface area (Å²) in [6, 6.07) is 0. The maximum Gasteiger partial charge on any atom is 0.470 e. The van der Waals surface area contributed by atoms with Crippen LogP contribution in [0.4, 0.5) is 0 Å². The highest BCUT2D eigenvalue weighted by molar-refractivity contribution is 7.46. The molecule has 4 atom stereocenters. The van der Waals surface area contributed by atoms with Gasteiger partial charge in [-0.2, -0.15) is 0 Å². The van der Waals surface area contributed by atoms with Crippen molar-refractivity contribution in [2.24, 2.45) is 0 Å². The summed E-state index contributed by atoms with van der Waals surface area (Å²) in [5.41, 5.74) is -1.41. The highest BCUT2D eigenvalue weighted by Gasteiger charge is 2.48. The molecule has 1 aromatic rings. The fourth-order valence-electron chi connectivity index (χ4n) is 2.14. The molecule has 0 spiro atoms. The number of rotatable bonds is 4. The monoisotopic (exact) mass is 338 g/mol. The van der Waals surface area contributed by atoms with E-state index in [1.165, 1.54) is 6.92 Å². The molecule has 12 heteroatoms. The number of phosphoric ester groups is 1. The van der Waals surface area contributed by atoms with E-state index in [1.807, 2.05) is 4.98 Å². The van der Waals surface area contributed by atoms with Crippen molar-refractivity contribution in [3.05, 3.63) is 32.6 Å². The lowest BCUT2D eigenvalue weighted by Gasteiger charge is -2.22. The topological polar surface area (TPSA) is 171 Å². The number of H-pyrrole nitrogens is 1. The minimum absolute atomic E-state index is 0.139. The van der Waals surface area contributed by atoms with Crippen LogP contribution in [-0.4, -0.2) is 54.5 Å². The third kappa shape index (κ3) is 3.36. The Morgan fingerprint density at radius 2 is 2.09 bits per heavy atom. The van der Waals surface area contributed by atoms with E-state index in [4.69, 9.17) is 19.6 Å². The molecule has 2 rings (SSSR count). The minimum atomic E-state index is -4.99. The van der Waals surface area contributed by atoms with Crippen molar-refractivity contribution in [3.8, 4) is 0 Å². The average Bonchev–Trinajstić information content (AvgIpc) is 2.69. The second-order valence-corrected chi connectivity index (χ2v) is 5.97. The number of hydrogen-bond acceptors (Lipinski definition) is 7. The Bertz CT molecular complexity index is 707. The van der Waals surface area contributed by atoms with Gasteiger partial charge in [0.1, 0.15) is 18.3 Å². The van der Waals surface area contributed by atoms with Crippen LogP contribution in [0.15, 0.2) is 15.8 Å². The molecule has 0 bridgehead atoms. The summed E-state index contributed by atoms with van der Waals surface area (Å²) in [5, 5.41) is 19.0. The van der Waals surface area contributed by atoms with Gasteiger partial charge in [-0.1, -0.05) is 0 Å². The molecular weight excluding hydrogens is 323 g/mol. The zero-order valence-corrected chi connectivity index (χ0v) is 12.2. The maximum absolute atomic E-state index is 11.8. The van der Waals surface area contributed by atoms with E-state index < -0.39 is 50.2 Å². The summed E-state index contributed by atoms with van der Waals surface area (Å²) in [6.45, 7) is 0.748. The number of nitrogens with one attached hydrogen (secondary N) is 1. The fourth-order valence-corrected chi connectivity index (χ4v) is 2.69. The van der Waals surface area contributed by atoms with Crippen molar-refractivity contribution in [3.63, 3.8) is 0 Å². The lowest BCUT2D eigenvalue weighted by atomic mass is 10.1. The van der Waals surface area contributed by atoms with Crippen LogP contribution in [0.1, 0.15) is 11.8 Å². The van der Waals surface area contributed by atoms with Gasteiger partial charge in [-0.3, -0.25) is 18.9 Å². The molecule has 1 aromatic heterocycles. The Kier molecular flexibility index (Phi) is 4.68. The number of aliphatic hydroxyl groups excluding tert-OH is 2. The fraction of sp³-hybridized carbons (Fsp3) is 0.600. The van der Waals surface area contributed by atoms with Crippen LogP contribution in [0.2, 0.25) is 0 Å². The number of aromatic nitrogens is 2. The van der Waals surface area contributed by atoms with Crippen molar-refractivity contribution in [1.82, 2.24) is 9.55 Å². The van der Waals surface area contributed by atoms with Gasteiger partial charge < -0.3 is 24.7 Å². The molecule has 0 aromatic carbocycles. The van der Waals surface area contributed by atoms with Gasteiger partial charge in [-0.05, 0) is 6.92 Å². The Morgan fingerprint density at radius 3 is 2.64 bits per heavy atom. The molecule has 1 aliphatic heterocycles. The molecule has 11 nitrogen and oxygen atoms in total.